The van der Waals surface area contributed by atoms with E-state index in [9.17, 15) is 0 Å². The summed E-state index contributed by atoms with van der Waals surface area (Å²) in [4.78, 5) is 0. The fourth-order valence-electron chi connectivity index (χ4n) is 2.24. The Morgan fingerprint density at radius 3 is 2.56 bits per heavy atom. The van der Waals surface area contributed by atoms with Gasteiger partial charge in [-0.2, -0.15) is 0 Å². The van der Waals surface area contributed by atoms with Crippen molar-refractivity contribution < 1.29 is 4.74 Å². The first-order valence-electron chi connectivity index (χ1n) is 5.56. The number of hydrogen-bond acceptors (Lipinski definition) is 2. The van der Waals surface area contributed by atoms with Crippen LogP contribution in [0.2, 0.25) is 0 Å². The topological polar surface area (TPSA) is 35.2 Å². The van der Waals surface area contributed by atoms with E-state index in [0.29, 0.717) is 5.92 Å². The molecule has 16 heavy (non-hydrogen) atoms. The Labute approximate surface area is 106 Å². The number of aryl methyl sites for hydroxylation is 1. The molecule has 2 nitrogen and oxygen atoms in total. The Hall–Kier alpha value is -0.540. The molecule has 0 heterocycles. The minimum absolute atomic E-state index is 0.493. The maximum Gasteiger partial charge on any atom is 0.133 e. The van der Waals surface area contributed by atoms with Gasteiger partial charge in [0.25, 0.3) is 0 Å². The second kappa shape index (κ2) is 5.69. The summed E-state index contributed by atoms with van der Waals surface area (Å²) in [6.45, 7) is 7.21. The normalized spacial score (nSPS) is 12.6. The first kappa shape index (κ1) is 13.5. The van der Waals surface area contributed by atoms with Gasteiger partial charge in [-0.15, -0.1) is 0 Å². The van der Waals surface area contributed by atoms with Gasteiger partial charge >= 0.3 is 0 Å². The van der Waals surface area contributed by atoms with Gasteiger partial charge in [0.2, 0.25) is 0 Å². The zero-order valence-corrected chi connectivity index (χ0v) is 12.0. The van der Waals surface area contributed by atoms with Crippen LogP contribution in [0.15, 0.2) is 10.5 Å². The van der Waals surface area contributed by atoms with Crippen molar-refractivity contribution in [3.8, 4) is 5.75 Å². The number of hydrogen-bond donors (Lipinski definition) is 1. The van der Waals surface area contributed by atoms with Gasteiger partial charge < -0.3 is 10.5 Å². The van der Waals surface area contributed by atoms with Crippen molar-refractivity contribution in [3.63, 3.8) is 0 Å². The highest BCUT2D eigenvalue weighted by Crippen LogP contribution is 2.36. The molecule has 0 aromatic heterocycles. The lowest BCUT2D eigenvalue weighted by Gasteiger charge is -2.20. The van der Waals surface area contributed by atoms with Crippen molar-refractivity contribution in [1.82, 2.24) is 0 Å². The molecule has 1 atom stereocenters. The Bertz CT molecular complexity index is 377. The Morgan fingerprint density at radius 2 is 2.06 bits per heavy atom. The quantitative estimate of drug-likeness (QED) is 0.919. The summed E-state index contributed by atoms with van der Waals surface area (Å²) < 4.78 is 6.38. The van der Waals surface area contributed by atoms with E-state index in [0.717, 1.165) is 23.2 Å². The first-order chi connectivity index (χ1) is 7.52. The zero-order chi connectivity index (χ0) is 12.3. The van der Waals surface area contributed by atoms with Crippen LogP contribution in [0.3, 0.4) is 0 Å². The number of methoxy groups -OCH3 is 1. The van der Waals surface area contributed by atoms with Crippen LogP contribution >= 0.6 is 15.9 Å². The largest absolute Gasteiger partial charge is 0.496 e. The SMILES string of the molecule is COc1cc(C)c(C(C)CCN)c(C)c1Br. The molecule has 3 heteroatoms. The number of benzene rings is 1. The molecule has 0 amide bonds. The van der Waals surface area contributed by atoms with E-state index < -0.39 is 0 Å². The van der Waals surface area contributed by atoms with E-state index in [1.165, 1.54) is 16.7 Å². The zero-order valence-electron chi connectivity index (χ0n) is 10.4. The van der Waals surface area contributed by atoms with Gasteiger partial charge in [-0.05, 0) is 71.4 Å². The van der Waals surface area contributed by atoms with Crippen molar-refractivity contribution in [1.29, 1.82) is 0 Å². The summed E-state index contributed by atoms with van der Waals surface area (Å²) in [5.41, 5.74) is 9.55. The van der Waals surface area contributed by atoms with Gasteiger partial charge in [0.15, 0.2) is 0 Å². The highest BCUT2D eigenvalue weighted by atomic mass is 79.9. The molecule has 1 unspecified atom stereocenters. The van der Waals surface area contributed by atoms with Crippen LogP contribution in [0.25, 0.3) is 0 Å². The molecule has 0 fully saturated rings. The lowest BCUT2D eigenvalue weighted by Crippen LogP contribution is -2.08. The van der Waals surface area contributed by atoms with E-state index in [4.69, 9.17) is 10.5 Å². The van der Waals surface area contributed by atoms with Gasteiger partial charge in [0.05, 0.1) is 11.6 Å². The van der Waals surface area contributed by atoms with Crippen LogP contribution in [-0.4, -0.2) is 13.7 Å². The number of rotatable bonds is 4. The molecule has 1 rings (SSSR count). The standard InChI is InChI=1S/C13H20BrNO/c1-8(5-6-15)12-9(2)7-11(16-4)13(14)10(12)3/h7-8H,5-6,15H2,1-4H3. The number of nitrogens with two attached hydrogens (primary N) is 1. The maximum atomic E-state index is 5.62. The van der Waals surface area contributed by atoms with Gasteiger partial charge in [0, 0.05) is 0 Å². The Kier molecular flexibility index (Phi) is 4.81. The highest BCUT2D eigenvalue weighted by Gasteiger charge is 2.16. The highest BCUT2D eigenvalue weighted by molar-refractivity contribution is 9.10. The third-order valence-electron chi connectivity index (χ3n) is 3.03. The third-order valence-corrected chi connectivity index (χ3v) is 4.02. The lowest BCUT2D eigenvalue weighted by atomic mass is 9.89. The maximum absolute atomic E-state index is 5.62. The molecular weight excluding hydrogens is 266 g/mol. The fourth-order valence-corrected chi connectivity index (χ4v) is 2.73. The van der Waals surface area contributed by atoms with Gasteiger partial charge in [-0.3, -0.25) is 0 Å². The van der Waals surface area contributed by atoms with Gasteiger partial charge in [-0.1, -0.05) is 6.92 Å². The molecule has 1 aromatic carbocycles. The average Bonchev–Trinajstić information content (AvgIpc) is 2.24. The summed E-state index contributed by atoms with van der Waals surface area (Å²) >= 11 is 3.59. The van der Waals surface area contributed by atoms with Crippen LogP contribution in [-0.2, 0) is 0 Å². The van der Waals surface area contributed by atoms with Crippen molar-refractivity contribution >= 4 is 15.9 Å². The second-order valence-electron chi connectivity index (χ2n) is 4.23. The van der Waals surface area contributed by atoms with E-state index in [2.05, 4.69) is 42.8 Å². The van der Waals surface area contributed by atoms with Gasteiger partial charge in [0.1, 0.15) is 5.75 Å². The first-order valence-corrected chi connectivity index (χ1v) is 6.35. The fraction of sp³-hybridized carbons (Fsp3) is 0.538. The second-order valence-corrected chi connectivity index (χ2v) is 5.02. The van der Waals surface area contributed by atoms with Crippen molar-refractivity contribution in [2.24, 2.45) is 5.73 Å². The van der Waals surface area contributed by atoms with E-state index in [1.807, 2.05) is 0 Å². The minimum atomic E-state index is 0.493. The van der Waals surface area contributed by atoms with Crippen LogP contribution < -0.4 is 10.5 Å². The molecule has 0 aliphatic heterocycles. The molecule has 0 aliphatic rings. The van der Waals surface area contributed by atoms with Crippen LogP contribution in [0.4, 0.5) is 0 Å². The molecule has 0 spiro atoms. The summed E-state index contributed by atoms with van der Waals surface area (Å²) in [6.07, 6.45) is 1.01. The predicted molar refractivity (Wildman–Crippen MR) is 72.3 cm³/mol. The van der Waals surface area contributed by atoms with Crippen molar-refractivity contribution in [3.05, 3.63) is 27.2 Å². The minimum Gasteiger partial charge on any atom is -0.496 e. The van der Waals surface area contributed by atoms with Crippen molar-refractivity contribution in [2.75, 3.05) is 13.7 Å². The summed E-state index contributed by atoms with van der Waals surface area (Å²) in [5, 5.41) is 0. The molecule has 0 bridgehead atoms. The monoisotopic (exact) mass is 285 g/mol. The Morgan fingerprint density at radius 1 is 1.44 bits per heavy atom. The van der Waals surface area contributed by atoms with E-state index in [-0.39, 0.29) is 0 Å². The summed E-state index contributed by atoms with van der Waals surface area (Å²) in [7, 11) is 1.70. The molecular formula is C13H20BrNO. The number of ether oxygens (including phenoxy) is 1. The molecule has 0 aliphatic carbocycles. The summed E-state index contributed by atoms with van der Waals surface area (Å²) in [6, 6.07) is 2.08. The molecule has 90 valence electrons. The smallest absolute Gasteiger partial charge is 0.133 e. The predicted octanol–water partition coefficient (Wildman–Crippen LogP) is 3.53. The average molecular weight is 286 g/mol. The molecule has 0 saturated heterocycles. The molecule has 2 N–H and O–H groups in total. The molecule has 1 aromatic rings. The van der Waals surface area contributed by atoms with Crippen LogP contribution in [0.1, 0.15) is 36.0 Å². The molecule has 0 radical (unpaired) electrons. The molecule has 0 saturated carbocycles. The van der Waals surface area contributed by atoms with E-state index in [1.54, 1.807) is 7.11 Å². The summed E-state index contributed by atoms with van der Waals surface area (Å²) in [5.74, 6) is 1.39. The number of halogens is 1. The van der Waals surface area contributed by atoms with Crippen molar-refractivity contribution in [2.45, 2.75) is 33.1 Å². The Balaban J connectivity index is 3.24. The lowest BCUT2D eigenvalue weighted by molar-refractivity contribution is 0.411. The van der Waals surface area contributed by atoms with E-state index >= 15 is 0 Å². The third kappa shape index (κ3) is 2.58. The van der Waals surface area contributed by atoms with Crippen LogP contribution in [0.5, 0.6) is 5.75 Å². The van der Waals surface area contributed by atoms with Crippen LogP contribution in [0, 0.1) is 13.8 Å². The van der Waals surface area contributed by atoms with Gasteiger partial charge in [-0.25, -0.2) is 0 Å².